The maximum atomic E-state index is 11.9. The van der Waals surface area contributed by atoms with E-state index in [0.717, 1.165) is 4.88 Å². The number of carbonyl (C=O) groups is 1. The third-order valence-electron chi connectivity index (χ3n) is 3.29. The van der Waals surface area contributed by atoms with E-state index in [4.69, 9.17) is 11.6 Å². The number of urea groups is 1. The van der Waals surface area contributed by atoms with Crippen molar-refractivity contribution in [3.05, 3.63) is 39.3 Å². The number of halogens is 1. The van der Waals surface area contributed by atoms with Crippen LogP contribution in [0.25, 0.3) is 0 Å². The van der Waals surface area contributed by atoms with Crippen LogP contribution in [-0.2, 0) is 12.6 Å². The summed E-state index contributed by atoms with van der Waals surface area (Å²) < 4.78 is 2.29. The fraction of sp³-hybridized carbons (Fsp3) is 0.429. The summed E-state index contributed by atoms with van der Waals surface area (Å²) in [6.07, 6.45) is 3.30. The summed E-state index contributed by atoms with van der Waals surface area (Å²) >= 11 is 7.30. The van der Waals surface area contributed by atoms with Gasteiger partial charge in [-0.3, -0.25) is 4.68 Å². The van der Waals surface area contributed by atoms with Crippen LogP contribution in [0.2, 0.25) is 4.34 Å². The van der Waals surface area contributed by atoms with Crippen molar-refractivity contribution in [3.8, 4) is 0 Å². The molecule has 2 amide bonds. The quantitative estimate of drug-likeness (QED) is 0.780. The average molecular weight is 343 g/mol. The molecule has 0 radical (unpaired) electrons. The molecular formula is C14H19ClN4O2S. The minimum atomic E-state index is -1.18. The van der Waals surface area contributed by atoms with Crippen LogP contribution in [0.5, 0.6) is 0 Å². The molecular weight excluding hydrogens is 324 g/mol. The lowest BCUT2D eigenvalue weighted by Gasteiger charge is -2.23. The van der Waals surface area contributed by atoms with Crippen molar-refractivity contribution in [1.82, 2.24) is 20.4 Å². The second-order valence-corrected chi connectivity index (χ2v) is 7.11. The first-order valence-electron chi connectivity index (χ1n) is 6.79. The van der Waals surface area contributed by atoms with Gasteiger partial charge in [-0.15, -0.1) is 11.3 Å². The van der Waals surface area contributed by atoms with Gasteiger partial charge in [-0.05, 0) is 26.0 Å². The summed E-state index contributed by atoms with van der Waals surface area (Å²) in [4.78, 5) is 12.9. The molecule has 0 aliphatic rings. The Hall–Kier alpha value is -1.57. The minimum absolute atomic E-state index is 0.0858. The van der Waals surface area contributed by atoms with Crippen molar-refractivity contribution in [2.45, 2.75) is 25.5 Å². The molecule has 0 aliphatic heterocycles. The van der Waals surface area contributed by atoms with Crippen molar-refractivity contribution >= 4 is 29.0 Å². The van der Waals surface area contributed by atoms with Gasteiger partial charge >= 0.3 is 6.03 Å². The SMILES string of the molecule is CC(NC(=O)NCC(C)(O)c1cnn(C)c1)c1ccc(Cl)s1. The number of aromatic nitrogens is 2. The van der Waals surface area contributed by atoms with Crippen LogP contribution in [0.15, 0.2) is 24.5 Å². The minimum Gasteiger partial charge on any atom is -0.383 e. The Kier molecular flexibility index (Phi) is 5.10. The molecule has 2 aromatic heterocycles. The molecule has 2 unspecified atom stereocenters. The highest BCUT2D eigenvalue weighted by molar-refractivity contribution is 7.16. The van der Waals surface area contributed by atoms with Crippen molar-refractivity contribution in [1.29, 1.82) is 0 Å². The van der Waals surface area contributed by atoms with Crippen molar-refractivity contribution in [2.75, 3.05) is 6.54 Å². The zero-order chi connectivity index (χ0) is 16.3. The number of nitrogens with one attached hydrogen (secondary N) is 2. The molecule has 2 aromatic rings. The van der Waals surface area contributed by atoms with Crippen LogP contribution < -0.4 is 10.6 Å². The van der Waals surface area contributed by atoms with Gasteiger partial charge in [0.05, 0.1) is 23.1 Å². The number of nitrogens with zero attached hydrogens (tertiary/aromatic N) is 2. The number of hydrogen-bond donors (Lipinski definition) is 3. The Labute approximate surface area is 138 Å². The largest absolute Gasteiger partial charge is 0.383 e. The Balaban J connectivity index is 1.87. The van der Waals surface area contributed by atoms with Gasteiger partial charge in [0.2, 0.25) is 0 Å². The van der Waals surface area contributed by atoms with Gasteiger partial charge in [-0.2, -0.15) is 5.10 Å². The number of thiophene rings is 1. The van der Waals surface area contributed by atoms with E-state index in [1.54, 1.807) is 37.1 Å². The second-order valence-electron chi connectivity index (χ2n) is 5.37. The van der Waals surface area contributed by atoms with E-state index in [-0.39, 0.29) is 18.6 Å². The first-order valence-corrected chi connectivity index (χ1v) is 7.98. The van der Waals surface area contributed by atoms with Gasteiger partial charge in [-0.25, -0.2) is 4.79 Å². The molecule has 2 heterocycles. The van der Waals surface area contributed by atoms with Gasteiger partial charge in [0.15, 0.2) is 0 Å². The summed E-state index contributed by atoms with van der Waals surface area (Å²) in [7, 11) is 1.77. The van der Waals surface area contributed by atoms with E-state index < -0.39 is 5.60 Å². The Morgan fingerprint density at radius 1 is 1.59 bits per heavy atom. The van der Waals surface area contributed by atoms with Gasteiger partial charge in [0.1, 0.15) is 5.60 Å². The molecule has 0 aromatic carbocycles. The third kappa shape index (κ3) is 4.22. The summed E-state index contributed by atoms with van der Waals surface area (Å²) in [5.41, 5.74) is -0.533. The molecule has 0 fully saturated rings. The van der Waals surface area contributed by atoms with Crippen molar-refractivity contribution < 1.29 is 9.90 Å². The topological polar surface area (TPSA) is 79.2 Å². The second kappa shape index (κ2) is 6.68. The van der Waals surface area contributed by atoms with E-state index in [2.05, 4.69) is 15.7 Å². The van der Waals surface area contributed by atoms with Crippen LogP contribution in [0.1, 0.15) is 30.3 Å². The maximum Gasteiger partial charge on any atom is 0.315 e. The summed E-state index contributed by atoms with van der Waals surface area (Å²) in [5.74, 6) is 0. The van der Waals surface area contributed by atoms with Gasteiger partial charge in [0, 0.05) is 23.7 Å². The standard InChI is InChI=1S/C14H19ClN4O2S/c1-9(11-4-5-12(15)22-11)18-13(20)16-8-14(2,21)10-6-17-19(3)7-10/h4-7,9,21H,8H2,1-3H3,(H2,16,18,20). The smallest absolute Gasteiger partial charge is 0.315 e. The summed E-state index contributed by atoms with van der Waals surface area (Å²) in [6, 6.07) is 3.18. The first kappa shape index (κ1) is 16.8. The van der Waals surface area contributed by atoms with E-state index in [0.29, 0.717) is 9.90 Å². The molecule has 0 saturated heterocycles. The van der Waals surface area contributed by atoms with Crippen molar-refractivity contribution in [2.24, 2.45) is 7.05 Å². The Morgan fingerprint density at radius 3 is 2.86 bits per heavy atom. The fourth-order valence-electron chi connectivity index (χ4n) is 1.93. The highest BCUT2D eigenvalue weighted by Gasteiger charge is 2.25. The van der Waals surface area contributed by atoms with E-state index >= 15 is 0 Å². The summed E-state index contributed by atoms with van der Waals surface area (Å²) in [6.45, 7) is 3.59. The monoisotopic (exact) mass is 342 g/mol. The lowest BCUT2D eigenvalue weighted by molar-refractivity contribution is 0.0592. The summed E-state index contributed by atoms with van der Waals surface area (Å²) in [5, 5.41) is 19.9. The van der Waals surface area contributed by atoms with Crippen LogP contribution in [-0.4, -0.2) is 27.5 Å². The lowest BCUT2D eigenvalue weighted by Crippen LogP contribution is -2.43. The molecule has 0 saturated carbocycles. The van der Waals surface area contributed by atoms with E-state index in [1.807, 2.05) is 13.0 Å². The average Bonchev–Trinajstić information content (AvgIpc) is 3.05. The number of rotatable bonds is 5. The number of carbonyl (C=O) groups excluding carboxylic acids is 1. The number of amides is 2. The van der Waals surface area contributed by atoms with Gasteiger partial charge < -0.3 is 15.7 Å². The molecule has 0 spiro atoms. The maximum absolute atomic E-state index is 11.9. The Bertz CT molecular complexity index is 653. The predicted molar refractivity (Wildman–Crippen MR) is 87.1 cm³/mol. The normalized spacial score (nSPS) is 15.1. The molecule has 8 heteroatoms. The van der Waals surface area contributed by atoms with Crippen LogP contribution in [0, 0.1) is 0 Å². The fourth-order valence-corrected chi connectivity index (χ4v) is 3.00. The predicted octanol–water partition coefficient (Wildman–Crippen LogP) is 2.40. The molecule has 2 rings (SSSR count). The molecule has 6 nitrogen and oxygen atoms in total. The zero-order valence-electron chi connectivity index (χ0n) is 12.6. The molecule has 3 N–H and O–H groups in total. The zero-order valence-corrected chi connectivity index (χ0v) is 14.2. The van der Waals surface area contributed by atoms with Crippen molar-refractivity contribution in [3.63, 3.8) is 0 Å². The highest BCUT2D eigenvalue weighted by atomic mass is 35.5. The van der Waals surface area contributed by atoms with Crippen LogP contribution in [0.3, 0.4) is 0 Å². The highest BCUT2D eigenvalue weighted by Crippen LogP contribution is 2.26. The molecule has 0 bridgehead atoms. The van der Waals surface area contributed by atoms with Crippen LogP contribution in [0.4, 0.5) is 4.79 Å². The Morgan fingerprint density at radius 2 is 2.32 bits per heavy atom. The molecule has 22 heavy (non-hydrogen) atoms. The molecule has 2 atom stereocenters. The first-order chi connectivity index (χ1) is 10.3. The van der Waals surface area contributed by atoms with Gasteiger partial charge in [0.25, 0.3) is 0 Å². The van der Waals surface area contributed by atoms with Gasteiger partial charge in [-0.1, -0.05) is 11.6 Å². The van der Waals surface area contributed by atoms with E-state index in [9.17, 15) is 9.90 Å². The number of hydrogen-bond acceptors (Lipinski definition) is 4. The van der Waals surface area contributed by atoms with Crippen LogP contribution >= 0.6 is 22.9 Å². The molecule has 0 aliphatic carbocycles. The number of aliphatic hydroxyl groups is 1. The van der Waals surface area contributed by atoms with E-state index in [1.165, 1.54) is 11.3 Å². The number of aryl methyl sites for hydroxylation is 1. The third-order valence-corrected chi connectivity index (χ3v) is 4.70. The lowest BCUT2D eigenvalue weighted by atomic mass is 10.00. The molecule has 120 valence electrons.